The zero-order valence-electron chi connectivity index (χ0n) is 29.4. The van der Waals surface area contributed by atoms with Gasteiger partial charge in [0.05, 0.1) is 21.1 Å². The maximum absolute atomic E-state index is 13.4. The summed E-state index contributed by atoms with van der Waals surface area (Å²) in [6.45, 7) is 4.51. The van der Waals surface area contributed by atoms with Gasteiger partial charge in [-0.25, -0.2) is 4.57 Å². The molecule has 0 heterocycles. The smallest absolute Gasteiger partial charge is 0.379 e. The van der Waals surface area contributed by atoms with Crippen LogP contribution in [0.25, 0.3) is 0 Å². The second-order valence-corrected chi connectivity index (χ2v) is 15.8. The molecular formula is C36H73NO5P+. The third-order valence-corrected chi connectivity index (χ3v) is 10.2. The summed E-state index contributed by atoms with van der Waals surface area (Å²) in [5.74, 6) is -1.04. The fourth-order valence-corrected chi connectivity index (χ4v) is 7.57. The van der Waals surface area contributed by atoms with Crippen molar-refractivity contribution in [2.45, 2.75) is 194 Å². The van der Waals surface area contributed by atoms with Crippen LogP contribution < -0.4 is 0 Å². The third-order valence-electron chi connectivity index (χ3n) is 8.05. The molecule has 0 radical (unpaired) electrons. The number of nitrogens with zero attached hydrogens (tertiary/aromatic N) is 1. The zero-order valence-corrected chi connectivity index (χ0v) is 30.3. The van der Waals surface area contributed by atoms with Gasteiger partial charge in [0.2, 0.25) is 6.29 Å². The monoisotopic (exact) mass is 631 g/mol. The fraction of sp³-hybridized carbons (Fsp3) is 0.944. The minimum atomic E-state index is -3.85. The van der Waals surface area contributed by atoms with Crippen LogP contribution in [0, 0.1) is 0 Å². The molecule has 6 nitrogen and oxygen atoms in total. The van der Waals surface area contributed by atoms with Gasteiger partial charge in [-0.15, -0.1) is 0 Å². The first-order valence-corrected chi connectivity index (χ1v) is 20.2. The van der Waals surface area contributed by atoms with E-state index in [9.17, 15) is 14.2 Å². The lowest BCUT2D eigenvalue weighted by atomic mass is 10.0. The molecule has 0 aliphatic rings. The molecule has 0 spiro atoms. The molecule has 0 aromatic heterocycles. The Morgan fingerprint density at radius 3 is 0.907 bits per heavy atom. The van der Waals surface area contributed by atoms with Crippen molar-refractivity contribution < 1.29 is 27.7 Å². The highest BCUT2D eigenvalue weighted by atomic mass is 31.2. The molecule has 0 fully saturated rings. The summed E-state index contributed by atoms with van der Waals surface area (Å²) in [6, 6.07) is 0. The summed E-state index contributed by atoms with van der Waals surface area (Å²) < 4.78 is 24.4. The molecule has 0 saturated carbocycles. The molecule has 0 aliphatic carbocycles. The Morgan fingerprint density at radius 2 is 0.674 bits per heavy atom. The summed E-state index contributed by atoms with van der Waals surface area (Å²) >= 11 is 0. The molecule has 0 aliphatic heterocycles. The van der Waals surface area contributed by atoms with Gasteiger partial charge in [0.25, 0.3) is 0 Å². The average Bonchev–Trinajstić information content (AvgIpc) is 2.92. The molecule has 0 rings (SSSR count). The van der Waals surface area contributed by atoms with E-state index < -0.39 is 19.5 Å². The van der Waals surface area contributed by atoms with Crippen molar-refractivity contribution in [2.75, 3.05) is 27.4 Å². The van der Waals surface area contributed by atoms with Gasteiger partial charge in [0, 0.05) is 12.8 Å². The number of quaternary nitrogens is 1. The topological polar surface area (TPSA) is 69.7 Å². The normalized spacial score (nSPS) is 12.0. The van der Waals surface area contributed by atoms with Crippen molar-refractivity contribution in [2.24, 2.45) is 0 Å². The second-order valence-electron chi connectivity index (χ2n) is 14.0. The van der Waals surface area contributed by atoms with Crippen LogP contribution in [0.2, 0.25) is 0 Å². The van der Waals surface area contributed by atoms with E-state index in [1.807, 2.05) is 21.1 Å². The van der Waals surface area contributed by atoms with Gasteiger partial charge in [-0.05, 0) is 12.8 Å². The van der Waals surface area contributed by atoms with Gasteiger partial charge in [0.1, 0.15) is 0 Å². The summed E-state index contributed by atoms with van der Waals surface area (Å²) in [4.78, 5) is 25.0. The van der Waals surface area contributed by atoms with Crippen molar-refractivity contribution in [3.63, 3.8) is 0 Å². The number of unbranched alkanes of at least 4 members (excludes halogenated alkanes) is 24. The van der Waals surface area contributed by atoms with Crippen LogP contribution in [0.15, 0.2) is 0 Å². The molecule has 0 amide bonds. The van der Waals surface area contributed by atoms with Crippen LogP contribution in [-0.4, -0.2) is 43.9 Å². The Labute approximate surface area is 267 Å². The van der Waals surface area contributed by atoms with E-state index in [4.69, 9.17) is 9.05 Å². The highest BCUT2D eigenvalue weighted by Crippen LogP contribution is 2.50. The number of hydrogen-bond donors (Lipinski definition) is 0. The predicted molar refractivity (Wildman–Crippen MR) is 183 cm³/mol. The lowest BCUT2D eigenvalue weighted by molar-refractivity contribution is -0.859. The van der Waals surface area contributed by atoms with E-state index in [0.717, 1.165) is 25.7 Å². The molecule has 0 aromatic rings. The standard InChI is InChI=1S/C36H73NO5P/c1-6-8-10-12-14-16-18-20-22-24-26-28-30-32-35(38)41-43(40,34-37(3,4)5)42-36(39)33-31-29-27-25-23-21-19-17-15-13-11-9-7-2/h6-34H2,1-5H3/q+1. The molecule has 0 aromatic carbocycles. The first kappa shape index (κ1) is 42.1. The summed E-state index contributed by atoms with van der Waals surface area (Å²) in [5.41, 5.74) is 0. The largest absolute Gasteiger partial charge is 0.489 e. The van der Waals surface area contributed by atoms with Gasteiger partial charge >= 0.3 is 19.5 Å². The lowest BCUT2D eigenvalue weighted by Crippen LogP contribution is -2.36. The van der Waals surface area contributed by atoms with Crippen molar-refractivity contribution in [3.05, 3.63) is 0 Å². The van der Waals surface area contributed by atoms with E-state index in [1.165, 1.54) is 128 Å². The Balaban J connectivity index is 4.05. The van der Waals surface area contributed by atoms with Gasteiger partial charge in [-0.2, -0.15) is 0 Å². The number of rotatable bonds is 32. The summed E-state index contributed by atoms with van der Waals surface area (Å²) in [5, 5.41) is 0. The maximum Gasteiger partial charge on any atom is 0.489 e. The first-order valence-electron chi connectivity index (χ1n) is 18.5. The van der Waals surface area contributed by atoms with Crippen LogP contribution >= 0.6 is 7.60 Å². The molecule has 7 heteroatoms. The molecule has 0 saturated heterocycles. The molecule has 0 bridgehead atoms. The minimum absolute atomic E-state index is 0.0122. The Hall–Kier alpha value is -0.870. The van der Waals surface area contributed by atoms with Crippen LogP contribution in [0.1, 0.15) is 194 Å². The van der Waals surface area contributed by atoms with Gasteiger partial charge in [-0.1, -0.05) is 168 Å². The molecule has 43 heavy (non-hydrogen) atoms. The van der Waals surface area contributed by atoms with Crippen LogP contribution in [0.4, 0.5) is 0 Å². The molecule has 0 unspecified atom stereocenters. The van der Waals surface area contributed by atoms with E-state index in [-0.39, 0.29) is 23.6 Å². The average molecular weight is 631 g/mol. The molecule has 0 N–H and O–H groups in total. The van der Waals surface area contributed by atoms with Gasteiger partial charge in [0.15, 0.2) is 0 Å². The number of carbonyl (C=O) groups excluding carboxylic acids is 2. The van der Waals surface area contributed by atoms with Crippen LogP contribution in [0.5, 0.6) is 0 Å². The zero-order chi connectivity index (χ0) is 32.1. The van der Waals surface area contributed by atoms with Crippen molar-refractivity contribution in [3.8, 4) is 0 Å². The Morgan fingerprint density at radius 1 is 0.442 bits per heavy atom. The maximum atomic E-state index is 13.4. The van der Waals surface area contributed by atoms with Gasteiger partial charge in [-0.3, -0.25) is 9.59 Å². The quantitative estimate of drug-likeness (QED) is 0.0420. The lowest BCUT2D eigenvalue weighted by Gasteiger charge is -2.27. The van der Waals surface area contributed by atoms with E-state index in [1.54, 1.807) is 0 Å². The van der Waals surface area contributed by atoms with E-state index in [2.05, 4.69) is 13.8 Å². The predicted octanol–water partition coefficient (Wildman–Crippen LogP) is 11.9. The number of carbonyl (C=O) groups is 2. The van der Waals surface area contributed by atoms with E-state index in [0.29, 0.717) is 12.8 Å². The minimum Gasteiger partial charge on any atom is -0.379 e. The SMILES string of the molecule is CCCCCCCCCCCCCCCC(=O)OP(=O)(C[N+](C)(C)C)OC(=O)CCCCCCCCCCCCCCC. The highest BCUT2D eigenvalue weighted by Gasteiger charge is 2.38. The molecular weight excluding hydrogens is 557 g/mol. The number of hydrogen-bond acceptors (Lipinski definition) is 5. The first-order chi connectivity index (χ1) is 20.6. The van der Waals surface area contributed by atoms with Crippen molar-refractivity contribution in [1.29, 1.82) is 0 Å². The van der Waals surface area contributed by atoms with Crippen molar-refractivity contribution in [1.82, 2.24) is 0 Å². The second kappa shape index (κ2) is 28.6. The molecule has 0 atom stereocenters. The summed E-state index contributed by atoms with van der Waals surface area (Å²) in [6.07, 6.45) is 32.5. The summed E-state index contributed by atoms with van der Waals surface area (Å²) in [7, 11) is 1.71. The fourth-order valence-electron chi connectivity index (χ4n) is 5.57. The molecule has 256 valence electrons. The van der Waals surface area contributed by atoms with Crippen LogP contribution in [0.3, 0.4) is 0 Å². The van der Waals surface area contributed by atoms with Crippen molar-refractivity contribution >= 4 is 19.5 Å². The Kier molecular flexibility index (Phi) is 28.0. The highest BCUT2D eigenvalue weighted by molar-refractivity contribution is 7.54. The Bertz CT molecular complexity index is 658. The third kappa shape index (κ3) is 30.9. The van der Waals surface area contributed by atoms with Crippen LogP contribution in [-0.2, 0) is 23.2 Å². The van der Waals surface area contributed by atoms with E-state index >= 15 is 0 Å². The van der Waals surface area contributed by atoms with Gasteiger partial charge < -0.3 is 13.5 Å².